The molecule has 1 saturated heterocycles. The van der Waals surface area contributed by atoms with Gasteiger partial charge in [0.15, 0.2) is 0 Å². The summed E-state index contributed by atoms with van der Waals surface area (Å²) in [5.41, 5.74) is 0.401. The third-order valence-corrected chi connectivity index (χ3v) is 4.87. The molecule has 3 nitrogen and oxygen atoms in total. The van der Waals surface area contributed by atoms with Crippen LogP contribution in [0.1, 0.15) is 30.4 Å². The first-order valence-corrected chi connectivity index (χ1v) is 6.73. The Morgan fingerprint density at radius 1 is 1.73 bits per heavy atom. The topological polar surface area (TPSA) is 42.2 Å². The van der Waals surface area contributed by atoms with Gasteiger partial charge in [0.2, 0.25) is 0 Å². The maximum Gasteiger partial charge on any atom is 0.352 e. The number of carbonyl (C=O) groups is 1. The normalized spacial score (nSPS) is 23.5. The van der Waals surface area contributed by atoms with E-state index in [0.29, 0.717) is 11.7 Å². The molecule has 0 spiro atoms. The predicted octanol–water partition coefficient (Wildman–Crippen LogP) is 2.86. The molecule has 1 aliphatic rings. The Morgan fingerprint density at radius 3 is 2.80 bits per heavy atom. The van der Waals surface area contributed by atoms with Crippen molar-refractivity contribution in [3.05, 3.63) is 21.5 Å². The Labute approximate surface area is 106 Å². The van der Waals surface area contributed by atoms with E-state index >= 15 is 0 Å². The molecule has 1 aromatic heterocycles. The van der Waals surface area contributed by atoms with Crippen LogP contribution in [-0.2, 0) is 0 Å². The second-order valence-electron chi connectivity index (χ2n) is 4.19. The fraction of sp³-hybridized carbons (Fsp3) is 0.500. The summed E-state index contributed by atoms with van der Waals surface area (Å²) in [4.78, 5) is 11.1. The van der Waals surface area contributed by atoms with E-state index in [1.807, 2.05) is 22.5 Å². The van der Waals surface area contributed by atoms with Gasteiger partial charge in [-0.2, -0.15) is 11.8 Å². The van der Waals surface area contributed by atoms with Crippen molar-refractivity contribution in [2.24, 2.45) is 0 Å². The number of carboxylic acids is 1. The maximum atomic E-state index is 11.1. The third kappa shape index (κ3) is 1.91. The number of nitrogens with zero attached hydrogens (tertiary/aromatic N) is 1. The molecule has 0 amide bonds. The molecule has 0 saturated carbocycles. The highest BCUT2D eigenvalue weighted by atomic mass is 127. The van der Waals surface area contributed by atoms with Crippen LogP contribution in [0.3, 0.4) is 0 Å². The number of aromatic nitrogens is 1. The first-order chi connectivity index (χ1) is 6.92. The lowest BCUT2D eigenvalue weighted by atomic mass is 10.0. The van der Waals surface area contributed by atoms with E-state index in [1.54, 1.807) is 6.07 Å². The van der Waals surface area contributed by atoms with Crippen molar-refractivity contribution in [3.63, 3.8) is 0 Å². The van der Waals surface area contributed by atoms with Gasteiger partial charge >= 0.3 is 5.97 Å². The molecule has 5 heteroatoms. The number of hydrogen-bond donors (Lipinski definition) is 1. The molecule has 1 aliphatic heterocycles. The SMILES string of the molecule is CC1(C)SCC1n1cc(I)cc1C(=O)O. The molecule has 2 rings (SSSR count). The first-order valence-electron chi connectivity index (χ1n) is 4.66. The zero-order valence-electron chi connectivity index (χ0n) is 8.53. The molecule has 2 heterocycles. The van der Waals surface area contributed by atoms with Gasteiger partial charge in [-0.25, -0.2) is 4.79 Å². The van der Waals surface area contributed by atoms with Crippen LogP contribution in [-0.4, -0.2) is 26.1 Å². The van der Waals surface area contributed by atoms with Crippen LogP contribution in [0.2, 0.25) is 0 Å². The van der Waals surface area contributed by atoms with Crippen LogP contribution in [0.5, 0.6) is 0 Å². The van der Waals surface area contributed by atoms with Gasteiger partial charge in [-0.05, 0) is 42.5 Å². The van der Waals surface area contributed by atoms with E-state index in [9.17, 15) is 4.79 Å². The highest BCUT2D eigenvalue weighted by Crippen LogP contribution is 2.49. The molecule has 1 aromatic rings. The van der Waals surface area contributed by atoms with Crippen molar-refractivity contribution in [1.29, 1.82) is 0 Å². The minimum atomic E-state index is -0.842. The molecule has 82 valence electrons. The van der Waals surface area contributed by atoms with E-state index in [1.165, 1.54) is 0 Å². The average Bonchev–Trinajstić information content (AvgIpc) is 2.45. The Morgan fingerprint density at radius 2 is 2.40 bits per heavy atom. The minimum absolute atomic E-state index is 0.145. The monoisotopic (exact) mass is 337 g/mol. The molecule has 0 aromatic carbocycles. The summed E-state index contributed by atoms with van der Waals surface area (Å²) in [6.07, 6.45) is 1.93. The van der Waals surface area contributed by atoms with E-state index in [4.69, 9.17) is 5.11 Å². The Kier molecular flexibility index (Phi) is 2.79. The van der Waals surface area contributed by atoms with Crippen LogP contribution in [0, 0.1) is 3.57 Å². The van der Waals surface area contributed by atoms with Gasteiger partial charge in [-0.3, -0.25) is 0 Å². The summed E-state index contributed by atoms with van der Waals surface area (Å²) in [6, 6.07) is 2.03. The highest BCUT2D eigenvalue weighted by Gasteiger charge is 2.41. The lowest BCUT2D eigenvalue weighted by molar-refractivity contribution is 0.0682. The van der Waals surface area contributed by atoms with Crippen LogP contribution in [0.15, 0.2) is 12.3 Å². The summed E-state index contributed by atoms with van der Waals surface area (Å²) in [5.74, 6) is 0.156. The van der Waals surface area contributed by atoms with E-state index in [-0.39, 0.29) is 4.75 Å². The van der Waals surface area contributed by atoms with Gasteiger partial charge in [0, 0.05) is 20.3 Å². The van der Waals surface area contributed by atoms with E-state index < -0.39 is 5.97 Å². The van der Waals surface area contributed by atoms with Gasteiger partial charge in [-0.15, -0.1) is 0 Å². The third-order valence-electron chi connectivity index (χ3n) is 2.79. The summed E-state index contributed by atoms with van der Waals surface area (Å²) in [5, 5.41) is 9.09. The van der Waals surface area contributed by atoms with Crippen molar-refractivity contribution in [2.75, 3.05) is 5.75 Å². The molecular weight excluding hydrogens is 325 g/mol. The molecule has 1 atom stereocenters. The quantitative estimate of drug-likeness (QED) is 0.844. The summed E-state index contributed by atoms with van der Waals surface area (Å²) in [7, 11) is 0. The molecular formula is C10H12INO2S. The second kappa shape index (κ2) is 3.69. The molecule has 0 radical (unpaired) electrons. The van der Waals surface area contributed by atoms with Crippen LogP contribution < -0.4 is 0 Å². The standard InChI is InChI=1S/C10H12INO2S/c1-10(2)8(5-15-10)12-4-6(11)3-7(12)9(13)14/h3-4,8H,5H2,1-2H3,(H,13,14). The summed E-state index contributed by atoms with van der Waals surface area (Å²) in [6.45, 7) is 4.31. The number of aromatic carboxylic acids is 1. The molecule has 1 unspecified atom stereocenters. The zero-order chi connectivity index (χ0) is 11.2. The molecule has 1 fully saturated rings. The fourth-order valence-electron chi connectivity index (χ4n) is 1.78. The maximum absolute atomic E-state index is 11.1. The lowest BCUT2D eigenvalue weighted by Crippen LogP contribution is -2.42. The fourth-order valence-corrected chi connectivity index (χ4v) is 3.63. The van der Waals surface area contributed by atoms with Crippen LogP contribution >= 0.6 is 34.4 Å². The Hall–Kier alpha value is -0.170. The molecule has 1 N–H and O–H groups in total. The van der Waals surface area contributed by atoms with Crippen molar-refractivity contribution < 1.29 is 9.90 Å². The van der Waals surface area contributed by atoms with Crippen LogP contribution in [0.4, 0.5) is 0 Å². The summed E-state index contributed by atoms with van der Waals surface area (Å²) < 4.78 is 3.03. The molecule has 0 bridgehead atoms. The van der Waals surface area contributed by atoms with Crippen molar-refractivity contribution in [1.82, 2.24) is 4.57 Å². The van der Waals surface area contributed by atoms with Gasteiger partial charge < -0.3 is 9.67 Å². The van der Waals surface area contributed by atoms with E-state index in [2.05, 4.69) is 36.4 Å². The smallest absolute Gasteiger partial charge is 0.352 e. The van der Waals surface area contributed by atoms with Crippen LogP contribution in [0.25, 0.3) is 0 Å². The minimum Gasteiger partial charge on any atom is -0.477 e. The largest absolute Gasteiger partial charge is 0.477 e. The second-order valence-corrected chi connectivity index (χ2v) is 7.11. The van der Waals surface area contributed by atoms with Crippen molar-refractivity contribution >= 4 is 40.3 Å². The van der Waals surface area contributed by atoms with Gasteiger partial charge in [0.05, 0.1) is 6.04 Å². The highest BCUT2D eigenvalue weighted by molar-refractivity contribution is 14.1. The lowest BCUT2D eigenvalue weighted by Gasteiger charge is -2.44. The zero-order valence-corrected chi connectivity index (χ0v) is 11.5. The molecule has 0 aliphatic carbocycles. The average molecular weight is 337 g/mol. The van der Waals surface area contributed by atoms with E-state index in [0.717, 1.165) is 9.32 Å². The Bertz CT molecular complexity index is 414. The van der Waals surface area contributed by atoms with Crippen molar-refractivity contribution in [3.8, 4) is 0 Å². The van der Waals surface area contributed by atoms with Gasteiger partial charge in [0.25, 0.3) is 0 Å². The summed E-state index contributed by atoms with van der Waals surface area (Å²) >= 11 is 4.03. The number of carboxylic acid groups (broad SMARTS) is 1. The van der Waals surface area contributed by atoms with Gasteiger partial charge in [0.1, 0.15) is 5.69 Å². The molecule has 15 heavy (non-hydrogen) atoms. The van der Waals surface area contributed by atoms with Gasteiger partial charge in [-0.1, -0.05) is 0 Å². The Balaban J connectivity index is 2.39. The number of thioether (sulfide) groups is 1. The number of halogens is 1. The van der Waals surface area contributed by atoms with Crippen molar-refractivity contribution in [2.45, 2.75) is 24.6 Å². The number of hydrogen-bond acceptors (Lipinski definition) is 2. The predicted molar refractivity (Wildman–Crippen MR) is 69.7 cm³/mol. The first kappa shape index (κ1) is 11.3. The number of rotatable bonds is 2.